The van der Waals surface area contributed by atoms with E-state index in [1.54, 1.807) is 32.4 Å². The minimum absolute atomic E-state index is 0.315. The van der Waals surface area contributed by atoms with E-state index < -0.39 is 5.38 Å². The van der Waals surface area contributed by atoms with Crippen molar-refractivity contribution in [2.45, 2.75) is 12.3 Å². The molecule has 0 spiro atoms. The molecule has 0 aliphatic rings. The van der Waals surface area contributed by atoms with E-state index in [1.807, 2.05) is 6.92 Å². The summed E-state index contributed by atoms with van der Waals surface area (Å²) < 4.78 is 24.9. The van der Waals surface area contributed by atoms with Gasteiger partial charge in [0.1, 0.15) is 17.3 Å². The van der Waals surface area contributed by atoms with Crippen LogP contribution in [0.25, 0.3) is 0 Å². The summed E-state index contributed by atoms with van der Waals surface area (Å²) in [6, 6.07) is 8.16. The summed E-state index contributed by atoms with van der Waals surface area (Å²) in [5, 5.41) is -0.530. The number of rotatable bonds is 4. The molecule has 2 nitrogen and oxygen atoms in total. The van der Waals surface area contributed by atoms with Crippen molar-refractivity contribution in [1.29, 1.82) is 0 Å². The molecule has 5 heteroatoms. The molecule has 2 rings (SSSR count). The van der Waals surface area contributed by atoms with E-state index in [0.717, 1.165) is 15.6 Å². The summed E-state index contributed by atoms with van der Waals surface area (Å²) in [6.07, 6.45) is 0. The Morgan fingerprint density at radius 2 is 1.71 bits per heavy atom. The highest BCUT2D eigenvalue weighted by Gasteiger charge is 2.20. The van der Waals surface area contributed by atoms with Crippen molar-refractivity contribution in [3.63, 3.8) is 0 Å². The van der Waals surface area contributed by atoms with Gasteiger partial charge in [0.2, 0.25) is 0 Å². The predicted octanol–water partition coefficient (Wildman–Crippen LogP) is 5.24. The number of methoxy groups -OCH3 is 2. The van der Waals surface area contributed by atoms with Gasteiger partial charge < -0.3 is 9.47 Å². The van der Waals surface area contributed by atoms with Gasteiger partial charge in [0, 0.05) is 5.56 Å². The minimum atomic E-state index is -0.530. The zero-order valence-corrected chi connectivity index (χ0v) is 14.3. The van der Waals surface area contributed by atoms with E-state index in [-0.39, 0.29) is 5.82 Å². The molecule has 0 aliphatic carbocycles. The van der Waals surface area contributed by atoms with Gasteiger partial charge in [-0.1, -0.05) is 6.07 Å². The lowest BCUT2D eigenvalue weighted by molar-refractivity contribution is 0.397. The second kappa shape index (κ2) is 6.67. The standard InChI is InChI=1S/C16H15BrClFO2/c1-9-4-5-10(19)6-11(9)16(18)12-7-15(21-3)13(17)8-14(12)20-2/h4-8,16H,1-3H3. The van der Waals surface area contributed by atoms with Crippen LogP contribution in [0, 0.1) is 12.7 Å². The third-order valence-electron chi connectivity index (χ3n) is 3.29. The normalized spacial score (nSPS) is 12.1. The molecule has 112 valence electrons. The van der Waals surface area contributed by atoms with E-state index in [2.05, 4.69) is 15.9 Å². The number of halogens is 3. The Morgan fingerprint density at radius 1 is 1.05 bits per heavy atom. The molecule has 0 saturated heterocycles. The van der Waals surface area contributed by atoms with Crippen molar-refractivity contribution in [2.75, 3.05) is 14.2 Å². The van der Waals surface area contributed by atoms with Gasteiger partial charge in [-0.2, -0.15) is 0 Å². The van der Waals surface area contributed by atoms with Crippen LogP contribution in [0.4, 0.5) is 4.39 Å². The Kier molecular flexibility index (Phi) is 5.12. The first-order chi connectivity index (χ1) is 9.97. The number of hydrogen-bond donors (Lipinski definition) is 0. The van der Waals surface area contributed by atoms with Gasteiger partial charge in [0.25, 0.3) is 0 Å². The average molecular weight is 374 g/mol. The van der Waals surface area contributed by atoms with Crippen LogP contribution >= 0.6 is 27.5 Å². The Bertz CT molecular complexity index is 661. The smallest absolute Gasteiger partial charge is 0.133 e. The van der Waals surface area contributed by atoms with Gasteiger partial charge in [0.15, 0.2) is 0 Å². The summed E-state index contributed by atoms with van der Waals surface area (Å²) >= 11 is 9.96. The van der Waals surface area contributed by atoms with Crippen LogP contribution in [-0.2, 0) is 0 Å². The number of hydrogen-bond acceptors (Lipinski definition) is 2. The maximum Gasteiger partial charge on any atom is 0.133 e. The highest BCUT2D eigenvalue weighted by Crippen LogP contribution is 2.41. The van der Waals surface area contributed by atoms with Crippen molar-refractivity contribution in [1.82, 2.24) is 0 Å². The van der Waals surface area contributed by atoms with Crippen molar-refractivity contribution in [2.24, 2.45) is 0 Å². The molecule has 2 aromatic carbocycles. The zero-order chi connectivity index (χ0) is 15.6. The van der Waals surface area contributed by atoms with E-state index in [1.165, 1.54) is 12.1 Å². The Labute approximate surface area is 137 Å². The maximum atomic E-state index is 13.5. The fraction of sp³-hybridized carbons (Fsp3) is 0.250. The second-order valence-electron chi connectivity index (χ2n) is 4.59. The van der Waals surface area contributed by atoms with Gasteiger partial charge in [-0.25, -0.2) is 4.39 Å². The molecule has 0 heterocycles. The topological polar surface area (TPSA) is 18.5 Å². The zero-order valence-electron chi connectivity index (χ0n) is 11.9. The van der Waals surface area contributed by atoms with Crippen LogP contribution in [0.2, 0.25) is 0 Å². The van der Waals surface area contributed by atoms with Crippen LogP contribution in [0.15, 0.2) is 34.8 Å². The lowest BCUT2D eigenvalue weighted by Gasteiger charge is -2.18. The highest BCUT2D eigenvalue weighted by atomic mass is 79.9. The Hall–Kier alpha value is -1.26. The van der Waals surface area contributed by atoms with E-state index in [0.29, 0.717) is 17.1 Å². The predicted molar refractivity (Wildman–Crippen MR) is 86.1 cm³/mol. The second-order valence-corrected chi connectivity index (χ2v) is 5.88. The summed E-state index contributed by atoms with van der Waals surface area (Å²) in [6.45, 7) is 1.90. The maximum absolute atomic E-state index is 13.5. The van der Waals surface area contributed by atoms with Crippen LogP contribution in [0.3, 0.4) is 0 Å². The van der Waals surface area contributed by atoms with E-state index in [9.17, 15) is 4.39 Å². The average Bonchev–Trinajstić information content (AvgIpc) is 2.48. The number of ether oxygens (including phenoxy) is 2. The van der Waals surface area contributed by atoms with Crippen molar-refractivity contribution in [3.8, 4) is 11.5 Å². The SMILES string of the molecule is COc1cc(C(Cl)c2cc(F)ccc2C)c(OC)cc1Br. The fourth-order valence-electron chi connectivity index (χ4n) is 2.13. The first-order valence-corrected chi connectivity index (χ1v) is 7.52. The van der Waals surface area contributed by atoms with E-state index >= 15 is 0 Å². The molecule has 0 aliphatic heterocycles. The Balaban J connectivity index is 2.56. The van der Waals surface area contributed by atoms with Gasteiger partial charge >= 0.3 is 0 Å². The molecule has 0 bridgehead atoms. The van der Waals surface area contributed by atoms with Gasteiger partial charge in [0.05, 0.1) is 24.1 Å². The van der Waals surface area contributed by atoms with Gasteiger partial charge in [-0.3, -0.25) is 0 Å². The first kappa shape index (κ1) is 16.1. The first-order valence-electron chi connectivity index (χ1n) is 6.29. The van der Waals surface area contributed by atoms with Crippen LogP contribution < -0.4 is 9.47 Å². The number of alkyl halides is 1. The van der Waals surface area contributed by atoms with Crippen molar-refractivity contribution in [3.05, 3.63) is 57.3 Å². The largest absolute Gasteiger partial charge is 0.496 e. The molecule has 0 aromatic heterocycles. The number of aryl methyl sites for hydroxylation is 1. The lowest BCUT2D eigenvalue weighted by Crippen LogP contribution is -2.01. The molecule has 0 fully saturated rings. The lowest BCUT2D eigenvalue weighted by atomic mass is 9.99. The van der Waals surface area contributed by atoms with Crippen LogP contribution in [-0.4, -0.2) is 14.2 Å². The third kappa shape index (κ3) is 3.33. The molecule has 21 heavy (non-hydrogen) atoms. The van der Waals surface area contributed by atoms with Gasteiger partial charge in [-0.05, 0) is 58.2 Å². The molecule has 0 N–H and O–H groups in total. The summed E-state index contributed by atoms with van der Waals surface area (Å²) in [5.41, 5.74) is 2.35. The molecule has 1 unspecified atom stereocenters. The number of benzene rings is 2. The molecule has 0 radical (unpaired) electrons. The molecule has 1 atom stereocenters. The third-order valence-corrected chi connectivity index (χ3v) is 4.38. The summed E-state index contributed by atoms with van der Waals surface area (Å²) in [7, 11) is 3.15. The Morgan fingerprint density at radius 3 is 2.33 bits per heavy atom. The van der Waals surface area contributed by atoms with Gasteiger partial charge in [-0.15, -0.1) is 11.6 Å². The molecular weight excluding hydrogens is 359 g/mol. The summed E-state index contributed by atoms with van der Waals surface area (Å²) in [4.78, 5) is 0. The minimum Gasteiger partial charge on any atom is -0.496 e. The van der Waals surface area contributed by atoms with E-state index in [4.69, 9.17) is 21.1 Å². The van der Waals surface area contributed by atoms with Crippen molar-refractivity contribution >= 4 is 27.5 Å². The monoisotopic (exact) mass is 372 g/mol. The summed E-state index contributed by atoms with van der Waals surface area (Å²) in [5.74, 6) is 0.945. The highest BCUT2D eigenvalue weighted by molar-refractivity contribution is 9.10. The molecule has 0 amide bonds. The fourth-order valence-corrected chi connectivity index (χ4v) is 3.02. The molecule has 2 aromatic rings. The quantitative estimate of drug-likeness (QED) is 0.682. The molecule has 0 saturated carbocycles. The molecular formula is C16H15BrClFO2. The van der Waals surface area contributed by atoms with Crippen LogP contribution in [0.5, 0.6) is 11.5 Å². The van der Waals surface area contributed by atoms with Crippen molar-refractivity contribution < 1.29 is 13.9 Å². The van der Waals surface area contributed by atoms with Crippen LogP contribution in [0.1, 0.15) is 22.1 Å².